The minimum Gasteiger partial charge on any atom is -0.323 e. The van der Waals surface area contributed by atoms with Gasteiger partial charge in [-0.3, -0.25) is 0 Å². The summed E-state index contributed by atoms with van der Waals surface area (Å²) in [6.45, 7) is 1.91. The van der Waals surface area contributed by atoms with Crippen molar-refractivity contribution in [3.05, 3.63) is 28.5 Å². The van der Waals surface area contributed by atoms with E-state index in [1.54, 1.807) is 6.20 Å². The highest BCUT2D eigenvalue weighted by atomic mass is 35.5. The zero-order valence-electron chi connectivity index (χ0n) is 7.29. The van der Waals surface area contributed by atoms with E-state index >= 15 is 0 Å². The van der Waals surface area contributed by atoms with Crippen LogP contribution in [-0.2, 0) is 0 Å². The van der Waals surface area contributed by atoms with E-state index in [0.717, 1.165) is 11.1 Å². The molecule has 0 aromatic carbocycles. The normalized spacial score (nSPS) is 12.2. The van der Waals surface area contributed by atoms with Gasteiger partial charge in [-0.25, -0.2) is 4.98 Å². The Morgan fingerprint density at radius 2 is 2.46 bits per heavy atom. The van der Waals surface area contributed by atoms with E-state index in [1.807, 2.05) is 19.1 Å². The van der Waals surface area contributed by atoms with Gasteiger partial charge in [-0.1, -0.05) is 11.6 Å². The highest BCUT2D eigenvalue weighted by Crippen LogP contribution is 2.21. The van der Waals surface area contributed by atoms with Crippen LogP contribution in [0.2, 0.25) is 5.15 Å². The maximum atomic E-state index is 8.46. The van der Waals surface area contributed by atoms with Crippen molar-refractivity contribution in [2.75, 3.05) is 0 Å². The summed E-state index contributed by atoms with van der Waals surface area (Å²) in [6, 6.07) is 3.52. The second kappa shape index (κ2) is 4.22. The van der Waals surface area contributed by atoms with Crippen molar-refractivity contribution >= 4 is 11.6 Å². The number of nitrogens with two attached hydrogens (primary N) is 1. The fourth-order valence-corrected chi connectivity index (χ4v) is 1.29. The predicted octanol–water partition coefficient (Wildman–Crippen LogP) is 1.96. The monoisotopic (exact) mass is 195 g/mol. The first-order chi connectivity index (χ1) is 6.15. The predicted molar refractivity (Wildman–Crippen MR) is 51.1 cm³/mol. The third-order valence-electron chi connectivity index (χ3n) is 1.71. The molecule has 0 radical (unpaired) electrons. The van der Waals surface area contributed by atoms with Crippen molar-refractivity contribution in [2.24, 2.45) is 5.73 Å². The van der Waals surface area contributed by atoms with E-state index < -0.39 is 0 Å². The number of nitrogens with zero attached hydrogens (tertiary/aromatic N) is 2. The van der Waals surface area contributed by atoms with Gasteiger partial charge in [0.25, 0.3) is 0 Å². The minimum atomic E-state index is -0.343. The molecule has 1 rings (SSSR count). The molecule has 0 fully saturated rings. The van der Waals surface area contributed by atoms with Crippen LogP contribution in [0.3, 0.4) is 0 Å². The fraction of sp³-hybridized carbons (Fsp3) is 0.333. The molecule has 1 aromatic rings. The highest BCUT2D eigenvalue weighted by Gasteiger charge is 2.10. The van der Waals surface area contributed by atoms with Crippen molar-refractivity contribution in [1.29, 1.82) is 5.26 Å². The lowest BCUT2D eigenvalue weighted by Gasteiger charge is -2.09. The molecule has 3 nitrogen and oxygen atoms in total. The van der Waals surface area contributed by atoms with Crippen LogP contribution in [0.4, 0.5) is 0 Å². The van der Waals surface area contributed by atoms with E-state index in [9.17, 15) is 0 Å². The number of nitriles is 1. The van der Waals surface area contributed by atoms with Crippen LogP contribution in [-0.4, -0.2) is 4.98 Å². The summed E-state index contributed by atoms with van der Waals surface area (Å²) in [5.41, 5.74) is 7.46. The van der Waals surface area contributed by atoms with Crippen molar-refractivity contribution in [1.82, 2.24) is 4.98 Å². The van der Waals surface area contributed by atoms with Gasteiger partial charge >= 0.3 is 0 Å². The van der Waals surface area contributed by atoms with Crippen LogP contribution in [0.25, 0.3) is 0 Å². The van der Waals surface area contributed by atoms with Gasteiger partial charge in [0.1, 0.15) is 5.15 Å². The second-order valence-corrected chi connectivity index (χ2v) is 3.22. The smallest absolute Gasteiger partial charge is 0.133 e. The zero-order valence-corrected chi connectivity index (χ0v) is 8.04. The lowest BCUT2D eigenvalue weighted by Crippen LogP contribution is -2.10. The molecule has 4 heteroatoms. The summed E-state index contributed by atoms with van der Waals surface area (Å²) >= 11 is 5.83. The van der Waals surface area contributed by atoms with E-state index in [1.165, 1.54) is 0 Å². The van der Waals surface area contributed by atoms with Gasteiger partial charge in [0.05, 0.1) is 12.5 Å². The largest absolute Gasteiger partial charge is 0.323 e. The second-order valence-electron chi connectivity index (χ2n) is 2.86. The lowest BCUT2D eigenvalue weighted by atomic mass is 10.1. The molecular formula is C9H10ClN3. The zero-order chi connectivity index (χ0) is 9.84. The van der Waals surface area contributed by atoms with E-state index in [2.05, 4.69) is 4.98 Å². The summed E-state index contributed by atoms with van der Waals surface area (Å²) in [4.78, 5) is 3.96. The molecule has 13 heavy (non-hydrogen) atoms. The Morgan fingerprint density at radius 3 is 3.08 bits per heavy atom. The molecule has 0 spiro atoms. The molecule has 1 aromatic heterocycles. The molecule has 0 amide bonds. The van der Waals surface area contributed by atoms with Gasteiger partial charge in [0, 0.05) is 17.8 Å². The first-order valence-corrected chi connectivity index (χ1v) is 4.27. The first kappa shape index (κ1) is 9.97. The SMILES string of the molecule is Cc1cnc(Cl)c([C@H](N)CC#N)c1. The Hall–Kier alpha value is -1.11. The van der Waals surface area contributed by atoms with Crippen LogP contribution in [0.1, 0.15) is 23.6 Å². The van der Waals surface area contributed by atoms with Gasteiger partial charge in [0.2, 0.25) is 0 Å². The maximum Gasteiger partial charge on any atom is 0.133 e. The van der Waals surface area contributed by atoms with Gasteiger partial charge in [0.15, 0.2) is 0 Å². The third-order valence-corrected chi connectivity index (χ3v) is 2.03. The minimum absolute atomic E-state index is 0.255. The molecular weight excluding hydrogens is 186 g/mol. The molecule has 0 saturated carbocycles. The molecule has 1 heterocycles. The van der Waals surface area contributed by atoms with Gasteiger partial charge < -0.3 is 5.73 Å². The number of aromatic nitrogens is 1. The molecule has 0 bridgehead atoms. The van der Waals surface area contributed by atoms with Crippen LogP contribution in [0, 0.1) is 18.3 Å². The molecule has 0 aliphatic rings. The first-order valence-electron chi connectivity index (χ1n) is 3.89. The summed E-state index contributed by atoms with van der Waals surface area (Å²) in [6.07, 6.45) is 1.93. The summed E-state index contributed by atoms with van der Waals surface area (Å²) in [7, 11) is 0. The number of pyridine rings is 1. The number of hydrogen-bond acceptors (Lipinski definition) is 3. The summed E-state index contributed by atoms with van der Waals surface area (Å²) in [5, 5.41) is 8.85. The van der Waals surface area contributed by atoms with E-state index in [-0.39, 0.29) is 12.5 Å². The van der Waals surface area contributed by atoms with Crippen LogP contribution in [0.5, 0.6) is 0 Å². The molecule has 0 saturated heterocycles. The van der Waals surface area contributed by atoms with Crippen molar-refractivity contribution in [2.45, 2.75) is 19.4 Å². The van der Waals surface area contributed by atoms with Gasteiger partial charge in [-0.2, -0.15) is 5.26 Å². The van der Waals surface area contributed by atoms with Gasteiger partial charge in [-0.05, 0) is 18.6 Å². The van der Waals surface area contributed by atoms with Crippen molar-refractivity contribution in [3.8, 4) is 6.07 Å². The molecule has 0 unspecified atom stereocenters. The van der Waals surface area contributed by atoms with Gasteiger partial charge in [-0.15, -0.1) is 0 Å². The van der Waals surface area contributed by atoms with Crippen molar-refractivity contribution in [3.63, 3.8) is 0 Å². The van der Waals surface area contributed by atoms with Crippen LogP contribution in [0.15, 0.2) is 12.3 Å². The van der Waals surface area contributed by atoms with E-state index in [0.29, 0.717) is 5.15 Å². The molecule has 1 atom stereocenters. The third kappa shape index (κ3) is 2.41. The quantitative estimate of drug-likeness (QED) is 0.734. The molecule has 68 valence electrons. The standard InChI is InChI=1S/C9H10ClN3/c1-6-4-7(8(12)2-3-11)9(10)13-5-6/h4-5,8H,2,12H2,1H3/t8-/m1/s1. The number of halogens is 1. The summed E-state index contributed by atoms with van der Waals surface area (Å²) in [5.74, 6) is 0. The Morgan fingerprint density at radius 1 is 1.77 bits per heavy atom. The van der Waals surface area contributed by atoms with Crippen LogP contribution >= 0.6 is 11.6 Å². The van der Waals surface area contributed by atoms with E-state index in [4.69, 9.17) is 22.6 Å². The Labute approximate surface area is 82.1 Å². The Kier molecular flexibility index (Phi) is 3.24. The number of rotatable bonds is 2. The Bertz CT molecular complexity index is 343. The molecule has 0 aliphatic heterocycles. The molecule has 0 aliphatic carbocycles. The Balaban J connectivity index is 3.00. The fourth-order valence-electron chi connectivity index (χ4n) is 1.04. The number of hydrogen-bond donors (Lipinski definition) is 1. The highest BCUT2D eigenvalue weighted by molar-refractivity contribution is 6.30. The number of aryl methyl sites for hydroxylation is 1. The molecule has 2 N–H and O–H groups in total. The van der Waals surface area contributed by atoms with Crippen LogP contribution < -0.4 is 5.73 Å². The summed E-state index contributed by atoms with van der Waals surface area (Å²) < 4.78 is 0. The topological polar surface area (TPSA) is 62.7 Å². The van der Waals surface area contributed by atoms with Crippen molar-refractivity contribution < 1.29 is 0 Å². The average molecular weight is 196 g/mol. The lowest BCUT2D eigenvalue weighted by molar-refractivity contribution is 0.743. The maximum absolute atomic E-state index is 8.46. The average Bonchev–Trinajstić information content (AvgIpc) is 2.09.